The molecule has 0 bridgehead atoms. The lowest BCUT2D eigenvalue weighted by molar-refractivity contribution is 0.144. The molecule has 1 saturated carbocycles. The molecular weight excluding hydrogens is 258 g/mol. The van der Waals surface area contributed by atoms with Crippen LogP contribution < -0.4 is 4.90 Å². The second kappa shape index (κ2) is 6.39. The van der Waals surface area contributed by atoms with Crippen LogP contribution in [0.4, 0.5) is 5.69 Å². The standard InChI is InChI=1S/C19H29NO/c1-2-18(21)16-6-8-17(9-7-16)20-14-12-19(13-15-20)10-4-3-5-11-19/h6-9,18,21H,2-5,10-15H2,1H3/t18-/m0/s1. The quantitative estimate of drug-likeness (QED) is 0.872. The molecule has 1 N–H and O–H groups in total. The van der Waals surface area contributed by atoms with Crippen molar-refractivity contribution in [3.63, 3.8) is 0 Å². The Bertz CT molecular complexity index is 437. The first-order valence-corrected chi connectivity index (χ1v) is 8.75. The second-order valence-corrected chi connectivity index (χ2v) is 7.06. The lowest BCUT2D eigenvalue weighted by atomic mass is 9.68. The highest BCUT2D eigenvalue weighted by molar-refractivity contribution is 5.48. The SMILES string of the molecule is CC[C@H](O)c1ccc(N2CCC3(CCCCC3)CC2)cc1. The minimum absolute atomic E-state index is 0.314. The fourth-order valence-electron chi connectivity index (χ4n) is 4.18. The molecule has 1 aromatic carbocycles. The molecule has 1 heterocycles. The smallest absolute Gasteiger partial charge is 0.0787 e. The van der Waals surface area contributed by atoms with E-state index in [0.717, 1.165) is 12.0 Å². The Balaban J connectivity index is 1.61. The van der Waals surface area contributed by atoms with Gasteiger partial charge in [0.05, 0.1) is 6.10 Å². The largest absolute Gasteiger partial charge is 0.388 e. The van der Waals surface area contributed by atoms with E-state index in [-0.39, 0.29) is 6.10 Å². The van der Waals surface area contributed by atoms with Gasteiger partial charge in [0.25, 0.3) is 0 Å². The van der Waals surface area contributed by atoms with Crippen molar-refractivity contribution in [2.75, 3.05) is 18.0 Å². The molecule has 1 aromatic rings. The molecule has 1 atom stereocenters. The molecule has 0 aromatic heterocycles. The van der Waals surface area contributed by atoms with Gasteiger partial charge in [-0.1, -0.05) is 38.3 Å². The molecule has 3 rings (SSSR count). The third kappa shape index (κ3) is 3.26. The van der Waals surface area contributed by atoms with Crippen LogP contribution in [0.5, 0.6) is 0 Å². The van der Waals surface area contributed by atoms with Gasteiger partial charge in [-0.2, -0.15) is 0 Å². The number of aliphatic hydroxyl groups excluding tert-OH is 1. The Morgan fingerprint density at radius 3 is 2.19 bits per heavy atom. The van der Waals surface area contributed by atoms with Gasteiger partial charge in [-0.05, 0) is 55.2 Å². The summed E-state index contributed by atoms with van der Waals surface area (Å²) >= 11 is 0. The van der Waals surface area contributed by atoms with Crippen molar-refractivity contribution in [3.05, 3.63) is 29.8 Å². The van der Waals surface area contributed by atoms with Crippen LogP contribution >= 0.6 is 0 Å². The molecular formula is C19H29NO. The minimum atomic E-state index is -0.314. The lowest BCUT2D eigenvalue weighted by Crippen LogP contribution is -2.41. The molecule has 2 aliphatic rings. The average molecular weight is 287 g/mol. The molecule has 0 unspecified atom stereocenters. The van der Waals surface area contributed by atoms with Crippen molar-refractivity contribution >= 4 is 5.69 Å². The normalized spacial score (nSPS) is 23.2. The van der Waals surface area contributed by atoms with Gasteiger partial charge < -0.3 is 10.0 Å². The average Bonchev–Trinajstić information content (AvgIpc) is 2.56. The molecule has 2 heteroatoms. The van der Waals surface area contributed by atoms with E-state index in [2.05, 4.69) is 29.2 Å². The maximum Gasteiger partial charge on any atom is 0.0787 e. The number of hydrogen-bond acceptors (Lipinski definition) is 2. The number of rotatable bonds is 3. The molecule has 1 spiro atoms. The summed E-state index contributed by atoms with van der Waals surface area (Å²) in [7, 11) is 0. The number of hydrogen-bond donors (Lipinski definition) is 1. The van der Waals surface area contributed by atoms with Crippen molar-refractivity contribution in [3.8, 4) is 0 Å². The molecule has 0 radical (unpaired) electrons. The molecule has 0 amide bonds. The maximum atomic E-state index is 9.88. The zero-order valence-electron chi connectivity index (χ0n) is 13.4. The highest BCUT2D eigenvalue weighted by Crippen LogP contribution is 2.45. The third-order valence-electron chi connectivity index (χ3n) is 5.77. The second-order valence-electron chi connectivity index (χ2n) is 7.06. The van der Waals surface area contributed by atoms with E-state index in [1.54, 1.807) is 0 Å². The summed E-state index contributed by atoms with van der Waals surface area (Å²) in [5.74, 6) is 0. The van der Waals surface area contributed by atoms with Crippen molar-refractivity contribution in [2.45, 2.75) is 64.4 Å². The van der Waals surface area contributed by atoms with E-state index in [1.165, 1.54) is 63.7 Å². The molecule has 2 fully saturated rings. The Kier molecular flexibility index (Phi) is 4.54. The van der Waals surface area contributed by atoms with E-state index in [4.69, 9.17) is 0 Å². The molecule has 21 heavy (non-hydrogen) atoms. The van der Waals surface area contributed by atoms with Gasteiger partial charge in [0.2, 0.25) is 0 Å². The molecule has 1 aliphatic carbocycles. The van der Waals surface area contributed by atoms with Crippen molar-refractivity contribution in [1.82, 2.24) is 0 Å². The molecule has 1 aliphatic heterocycles. The van der Waals surface area contributed by atoms with Crippen LogP contribution in [0.15, 0.2) is 24.3 Å². The number of piperidine rings is 1. The first kappa shape index (κ1) is 14.9. The fourth-order valence-corrected chi connectivity index (χ4v) is 4.18. The molecule has 116 valence electrons. The summed E-state index contributed by atoms with van der Waals surface area (Å²) in [4.78, 5) is 2.53. The zero-order chi connectivity index (χ0) is 14.7. The molecule has 1 saturated heterocycles. The van der Waals surface area contributed by atoms with E-state index in [0.29, 0.717) is 5.41 Å². The van der Waals surface area contributed by atoms with Crippen LogP contribution in [0.1, 0.15) is 70.0 Å². The van der Waals surface area contributed by atoms with Gasteiger partial charge in [-0.15, -0.1) is 0 Å². The molecule has 2 nitrogen and oxygen atoms in total. The van der Waals surface area contributed by atoms with Crippen LogP contribution in [0.25, 0.3) is 0 Å². The van der Waals surface area contributed by atoms with Crippen LogP contribution in [-0.2, 0) is 0 Å². The first-order chi connectivity index (χ1) is 10.2. The summed E-state index contributed by atoms with van der Waals surface area (Å²) in [5.41, 5.74) is 3.04. The summed E-state index contributed by atoms with van der Waals surface area (Å²) in [6.45, 7) is 4.43. The van der Waals surface area contributed by atoms with E-state index in [1.807, 2.05) is 6.92 Å². The Morgan fingerprint density at radius 2 is 1.62 bits per heavy atom. The predicted molar refractivity (Wildman–Crippen MR) is 88.7 cm³/mol. The van der Waals surface area contributed by atoms with Gasteiger partial charge >= 0.3 is 0 Å². The number of benzene rings is 1. The first-order valence-electron chi connectivity index (χ1n) is 8.75. The fraction of sp³-hybridized carbons (Fsp3) is 0.684. The number of nitrogens with zero attached hydrogens (tertiary/aromatic N) is 1. The highest BCUT2D eigenvalue weighted by Gasteiger charge is 2.35. The van der Waals surface area contributed by atoms with Crippen molar-refractivity contribution < 1.29 is 5.11 Å². The van der Waals surface area contributed by atoms with Crippen LogP contribution in [-0.4, -0.2) is 18.2 Å². The van der Waals surface area contributed by atoms with E-state index in [9.17, 15) is 5.11 Å². The Hall–Kier alpha value is -1.02. The summed E-state index contributed by atoms with van der Waals surface area (Å²) in [6, 6.07) is 8.56. The maximum absolute atomic E-state index is 9.88. The Morgan fingerprint density at radius 1 is 1.00 bits per heavy atom. The summed E-state index contributed by atoms with van der Waals surface area (Å²) < 4.78 is 0. The topological polar surface area (TPSA) is 23.5 Å². The van der Waals surface area contributed by atoms with E-state index >= 15 is 0 Å². The zero-order valence-corrected chi connectivity index (χ0v) is 13.4. The third-order valence-corrected chi connectivity index (χ3v) is 5.77. The van der Waals surface area contributed by atoms with Crippen LogP contribution in [0.3, 0.4) is 0 Å². The van der Waals surface area contributed by atoms with Gasteiger partial charge in [0, 0.05) is 18.8 Å². The van der Waals surface area contributed by atoms with Gasteiger partial charge in [0.15, 0.2) is 0 Å². The predicted octanol–water partition coefficient (Wildman–Crippen LogP) is 4.68. The van der Waals surface area contributed by atoms with Crippen molar-refractivity contribution in [1.29, 1.82) is 0 Å². The van der Waals surface area contributed by atoms with Gasteiger partial charge in [0.1, 0.15) is 0 Å². The van der Waals surface area contributed by atoms with Crippen molar-refractivity contribution in [2.24, 2.45) is 5.41 Å². The summed E-state index contributed by atoms with van der Waals surface area (Å²) in [5, 5.41) is 9.88. The Labute approximate surface area is 129 Å². The van der Waals surface area contributed by atoms with E-state index < -0.39 is 0 Å². The van der Waals surface area contributed by atoms with Gasteiger partial charge in [-0.25, -0.2) is 0 Å². The highest BCUT2D eigenvalue weighted by atomic mass is 16.3. The minimum Gasteiger partial charge on any atom is -0.388 e. The monoisotopic (exact) mass is 287 g/mol. The van der Waals surface area contributed by atoms with Crippen LogP contribution in [0.2, 0.25) is 0 Å². The van der Waals surface area contributed by atoms with Gasteiger partial charge in [-0.3, -0.25) is 0 Å². The summed E-state index contributed by atoms with van der Waals surface area (Å²) in [6.07, 6.45) is 10.5. The lowest BCUT2D eigenvalue weighted by Gasteiger charge is -2.45. The number of aliphatic hydroxyl groups is 1. The number of anilines is 1. The van der Waals surface area contributed by atoms with Crippen LogP contribution in [0, 0.1) is 5.41 Å².